The van der Waals surface area contributed by atoms with Crippen molar-refractivity contribution in [1.29, 1.82) is 0 Å². The molecule has 1 unspecified atom stereocenters. The molecule has 1 atom stereocenters. The minimum Gasteiger partial charge on any atom is -0.371 e. The van der Waals surface area contributed by atoms with Crippen molar-refractivity contribution in [2.24, 2.45) is 5.73 Å². The molecule has 0 aliphatic heterocycles. The molecule has 0 radical (unpaired) electrons. The third-order valence-electron chi connectivity index (χ3n) is 3.26. The Morgan fingerprint density at radius 2 is 1.81 bits per heavy atom. The Labute approximate surface area is 134 Å². The second kappa shape index (κ2) is 6.37. The number of hydrogen-bond acceptors (Lipinski definition) is 2. The topological polar surface area (TPSA) is 55.1 Å². The van der Waals surface area contributed by atoms with Gasteiger partial charge in [0.2, 0.25) is 5.91 Å². The molecular weight excluding hydrogens is 307 g/mol. The molecule has 0 heterocycles. The highest BCUT2D eigenvalue weighted by Crippen LogP contribution is 2.23. The fourth-order valence-corrected chi connectivity index (χ4v) is 2.40. The van der Waals surface area contributed by atoms with Crippen molar-refractivity contribution < 1.29 is 4.79 Å². The van der Waals surface area contributed by atoms with Gasteiger partial charge < -0.3 is 11.1 Å². The number of nitrogens with one attached hydrogen (secondary N) is 1. The van der Waals surface area contributed by atoms with Crippen LogP contribution in [0.1, 0.15) is 12.5 Å². The normalized spacial score (nSPS) is 13.5. The van der Waals surface area contributed by atoms with Crippen LogP contribution in [0.3, 0.4) is 0 Å². The van der Waals surface area contributed by atoms with E-state index in [1.54, 1.807) is 31.2 Å². The molecule has 2 aromatic carbocycles. The summed E-state index contributed by atoms with van der Waals surface area (Å²) in [6.45, 7) is 1.77. The lowest BCUT2D eigenvalue weighted by molar-refractivity contribution is -0.121. The van der Waals surface area contributed by atoms with Crippen LogP contribution < -0.4 is 11.1 Å². The molecule has 0 saturated heterocycles. The molecule has 0 fully saturated rings. The highest BCUT2D eigenvalue weighted by molar-refractivity contribution is 6.31. The van der Waals surface area contributed by atoms with Crippen LogP contribution in [0.2, 0.25) is 10.0 Å². The number of primary amides is 1. The number of carbonyl (C=O) groups is 1. The lowest BCUT2D eigenvalue weighted by Gasteiger charge is -2.29. The van der Waals surface area contributed by atoms with E-state index in [9.17, 15) is 4.79 Å². The molecule has 110 valence electrons. The highest BCUT2D eigenvalue weighted by Gasteiger charge is 2.31. The van der Waals surface area contributed by atoms with Crippen LogP contribution in [0.5, 0.6) is 0 Å². The fraction of sp³-hybridized carbons (Fsp3) is 0.188. The first-order valence-electron chi connectivity index (χ1n) is 6.47. The van der Waals surface area contributed by atoms with Gasteiger partial charge in [0.1, 0.15) is 5.54 Å². The van der Waals surface area contributed by atoms with Crippen molar-refractivity contribution in [1.82, 2.24) is 0 Å². The maximum absolute atomic E-state index is 11.9. The Hall–Kier alpha value is -1.71. The summed E-state index contributed by atoms with van der Waals surface area (Å²) in [7, 11) is 0. The van der Waals surface area contributed by atoms with Gasteiger partial charge in [-0.15, -0.1) is 0 Å². The van der Waals surface area contributed by atoms with Crippen LogP contribution in [0, 0.1) is 0 Å². The van der Waals surface area contributed by atoms with Gasteiger partial charge in [0.15, 0.2) is 0 Å². The first-order chi connectivity index (χ1) is 9.89. The number of halogens is 2. The van der Waals surface area contributed by atoms with Crippen LogP contribution in [0.15, 0.2) is 48.5 Å². The summed E-state index contributed by atoms with van der Waals surface area (Å²) in [6.07, 6.45) is 0.450. The summed E-state index contributed by atoms with van der Waals surface area (Å²) in [4.78, 5) is 11.9. The zero-order valence-corrected chi connectivity index (χ0v) is 13.1. The number of rotatable bonds is 5. The number of anilines is 1. The molecule has 0 saturated carbocycles. The zero-order chi connectivity index (χ0) is 15.5. The van der Waals surface area contributed by atoms with Crippen molar-refractivity contribution in [3.8, 4) is 0 Å². The molecule has 5 heteroatoms. The molecular formula is C16H16Cl2N2O. The van der Waals surface area contributed by atoms with E-state index in [1.165, 1.54) is 0 Å². The van der Waals surface area contributed by atoms with Crippen molar-refractivity contribution in [3.63, 3.8) is 0 Å². The SMILES string of the molecule is CC(Cc1ccc(Cl)cc1)(Nc1cccc(Cl)c1)C(N)=O. The molecule has 2 aromatic rings. The maximum Gasteiger partial charge on any atom is 0.243 e. The van der Waals surface area contributed by atoms with E-state index in [0.717, 1.165) is 11.3 Å². The number of nitrogens with two attached hydrogens (primary N) is 1. The second-order valence-electron chi connectivity index (χ2n) is 5.13. The van der Waals surface area contributed by atoms with Crippen LogP contribution >= 0.6 is 23.2 Å². The minimum atomic E-state index is -0.918. The molecule has 3 N–H and O–H groups in total. The molecule has 3 nitrogen and oxygen atoms in total. The number of benzene rings is 2. The van der Waals surface area contributed by atoms with Crippen LogP contribution in [0.4, 0.5) is 5.69 Å². The average molecular weight is 323 g/mol. The van der Waals surface area contributed by atoms with E-state index in [1.807, 2.05) is 24.3 Å². The van der Waals surface area contributed by atoms with Gasteiger partial charge in [0.05, 0.1) is 0 Å². The highest BCUT2D eigenvalue weighted by atomic mass is 35.5. The Morgan fingerprint density at radius 3 is 2.38 bits per heavy atom. The van der Waals surface area contributed by atoms with Gasteiger partial charge in [-0.3, -0.25) is 4.79 Å². The lowest BCUT2D eigenvalue weighted by atomic mass is 9.91. The Morgan fingerprint density at radius 1 is 1.14 bits per heavy atom. The summed E-state index contributed by atoms with van der Waals surface area (Å²) in [6, 6.07) is 14.5. The molecule has 2 rings (SSSR count). The van der Waals surface area contributed by atoms with Crippen LogP contribution in [0.25, 0.3) is 0 Å². The van der Waals surface area contributed by atoms with Crippen molar-refractivity contribution >= 4 is 34.8 Å². The summed E-state index contributed by atoms with van der Waals surface area (Å²) >= 11 is 11.8. The Balaban J connectivity index is 2.23. The predicted octanol–water partition coefficient (Wildman–Crippen LogP) is 3.89. The third kappa shape index (κ3) is 4.13. The third-order valence-corrected chi connectivity index (χ3v) is 3.75. The number of carbonyl (C=O) groups excluding carboxylic acids is 1. The Kier molecular flexibility index (Phi) is 4.76. The minimum absolute atomic E-state index is 0.433. The molecule has 21 heavy (non-hydrogen) atoms. The van der Waals surface area contributed by atoms with Crippen LogP contribution in [-0.4, -0.2) is 11.4 Å². The van der Waals surface area contributed by atoms with Crippen molar-refractivity contribution in [2.45, 2.75) is 18.9 Å². The monoisotopic (exact) mass is 322 g/mol. The molecule has 0 spiro atoms. The molecule has 0 aromatic heterocycles. The molecule has 0 bridgehead atoms. The predicted molar refractivity (Wildman–Crippen MR) is 87.8 cm³/mol. The summed E-state index contributed by atoms with van der Waals surface area (Å²) in [5, 5.41) is 4.42. The van der Waals surface area contributed by atoms with E-state index in [0.29, 0.717) is 16.5 Å². The quantitative estimate of drug-likeness (QED) is 0.877. The van der Waals surface area contributed by atoms with Crippen molar-refractivity contribution in [2.75, 3.05) is 5.32 Å². The van der Waals surface area contributed by atoms with Crippen molar-refractivity contribution in [3.05, 3.63) is 64.1 Å². The van der Waals surface area contributed by atoms with E-state index in [4.69, 9.17) is 28.9 Å². The smallest absolute Gasteiger partial charge is 0.243 e. The molecule has 0 aliphatic rings. The summed E-state index contributed by atoms with van der Waals surface area (Å²) in [5.74, 6) is -0.433. The maximum atomic E-state index is 11.9. The summed E-state index contributed by atoms with van der Waals surface area (Å²) in [5.41, 5.74) is 6.37. The van der Waals surface area contributed by atoms with E-state index in [-0.39, 0.29) is 0 Å². The van der Waals surface area contributed by atoms with Gasteiger partial charge >= 0.3 is 0 Å². The average Bonchev–Trinajstić information content (AvgIpc) is 2.41. The van der Waals surface area contributed by atoms with Gasteiger partial charge in [-0.25, -0.2) is 0 Å². The standard InChI is InChI=1S/C16H16Cl2N2O/c1-16(15(19)21,10-11-5-7-12(17)8-6-11)20-14-4-2-3-13(18)9-14/h2-9,20H,10H2,1H3,(H2,19,21). The van der Waals surface area contributed by atoms with Crippen LogP contribution in [-0.2, 0) is 11.2 Å². The second-order valence-corrected chi connectivity index (χ2v) is 6.01. The molecule has 0 aliphatic carbocycles. The van der Waals surface area contributed by atoms with E-state index < -0.39 is 11.4 Å². The van der Waals surface area contributed by atoms with Gasteiger partial charge in [0.25, 0.3) is 0 Å². The van der Waals surface area contributed by atoms with Gasteiger partial charge in [0, 0.05) is 22.2 Å². The largest absolute Gasteiger partial charge is 0.371 e. The fourth-order valence-electron chi connectivity index (χ4n) is 2.09. The van der Waals surface area contributed by atoms with Gasteiger partial charge in [-0.1, -0.05) is 41.4 Å². The summed E-state index contributed by atoms with van der Waals surface area (Å²) < 4.78 is 0. The Bertz CT molecular complexity index is 643. The lowest BCUT2D eigenvalue weighted by Crippen LogP contribution is -2.49. The first kappa shape index (κ1) is 15.7. The number of hydrogen-bond donors (Lipinski definition) is 2. The molecule has 1 amide bonds. The van der Waals surface area contributed by atoms with Gasteiger partial charge in [-0.2, -0.15) is 0 Å². The first-order valence-corrected chi connectivity index (χ1v) is 7.23. The number of amides is 1. The van der Waals surface area contributed by atoms with E-state index in [2.05, 4.69) is 5.32 Å². The van der Waals surface area contributed by atoms with Gasteiger partial charge in [-0.05, 0) is 42.8 Å². The van der Waals surface area contributed by atoms with E-state index >= 15 is 0 Å². The zero-order valence-electron chi connectivity index (χ0n) is 11.6.